The molecule has 7 nitrogen and oxygen atoms in total. The van der Waals surface area contributed by atoms with Crippen molar-refractivity contribution in [3.8, 4) is 0 Å². The van der Waals surface area contributed by atoms with Gasteiger partial charge in [-0.3, -0.25) is 14.4 Å². The first-order valence-corrected chi connectivity index (χ1v) is 12.2. The van der Waals surface area contributed by atoms with E-state index in [9.17, 15) is 14.4 Å². The molecule has 0 unspecified atom stereocenters. The number of aryl methyl sites for hydroxylation is 1. The molecule has 2 aromatic carbocycles. The van der Waals surface area contributed by atoms with Crippen LogP contribution in [0.15, 0.2) is 54.6 Å². The number of para-hydroxylation sites is 1. The number of nitrogens with zero attached hydrogens (tertiary/aromatic N) is 4. The van der Waals surface area contributed by atoms with Crippen molar-refractivity contribution in [2.24, 2.45) is 0 Å². The van der Waals surface area contributed by atoms with E-state index in [-0.39, 0.29) is 24.3 Å². The number of likely N-dealkylation sites (tertiary alicyclic amines) is 2. The second kappa shape index (κ2) is 9.12. The summed E-state index contributed by atoms with van der Waals surface area (Å²) in [6.07, 6.45) is 3.16. The van der Waals surface area contributed by atoms with Crippen LogP contribution in [0.1, 0.15) is 41.6 Å². The molecule has 0 aliphatic carbocycles. The van der Waals surface area contributed by atoms with Crippen molar-refractivity contribution in [2.45, 2.75) is 38.1 Å². The number of carbonyl (C=O) groups excluding carboxylic acids is 3. The summed E-state index contributed by atoms with van der Waals surface area (Å²) < 4.78 is 0. The highest BCUT2D eigenvalue weighted by Gasteiger charge is 2.54. The Labute approximate surface area is 200 Å². The lowest BCUT2D eigenvalue weighted by atomic mass is 9.85. The number of rotatable bonds is 4. The van der Waals surface area contributed by atoms with E-state index in [4.69, 9.17) is 0 Å². The molecule has 3 amide bonds. The van der Waals surface area contributed by atoms with Crippen molar-refractivity contribution in [1.29, 1.82) is 0 Å². The van der Waals surface area contributed by atoms with E-state index in [0.717, 1.165) is 37.2 Å². The van der Waals surface area contributed by atoms with Gasteiger partial charge in [0.2, 0.25) is 5.91 Å². The van der Waals surface area contributed by atoms with Crippen LogP contribution < -0.4 is 4.90 Å². The van der Waals surface area contributed by atoms with Crippen molar-refractivity contribution in [3.05, 3.63) is 65.7 Å². The molecular weight excluding hydrogens is 428 g/mol. The standard InChI is InChI=1S/C27H32N4O3/c1-21-9-5-6-12-23(21)25(33)29-17-13-27(14-18-29)26(34)30(19-24(32)28-15-7-8-16-28)20-31(27)22-10-3-2-4-11-22/h2-6,9-12H,7-8,13-20H2,1H3. The van der Waals surface area contributed by atoms with Gasteiger partial charge in [-0.15, -0.1) is 0 Å². The van der Waals surface area contributed by atoms with Crippen molar-refractivity contribution < 1.29 is 14.4 Å². The Morgan fingerprint density at radius 1 is 0.853 bits per heavy atom. The van der Waals surface area contributed by atoms with Crippen LogP contribution in [0.2, 0.25) is 0 Å². The fourth-order valence-electron chi connectivity index (χ4n) is 5.62. The predicted molar refractivity (Wildman–Crippen MR) is 130 cm³/mol. The summed E-state index contributed by atoms with van der Waals surface area (Å²) in [5.41, 5.74) is 1.93. The third-order valence-electron chi connectivity index (χ3n) is 7.62. The molecule has 3 saturated heterocycles. The van der Waals surface area contributed by atoms with E-state index in [1.165, 1.54) is 0 Å². The van der Waals surface area contributed by atoms with E-state index in [0.29, 0.717) is 38.2 Å². The van der Waals surface area contributed by atoms with Crippen LogP contribution in [0.4, 0.5) is 5.69 Å². The molecule has 0 saturated carbocycles. The molecule has 1 spiro atoms. The number of anilines is 1. The molecule has 0 aromatic heterocycles. The molecule has 3 heterocycles. The van der Waals surface area contributed by atoms with Gasteiger partial charge in [0.05, 0.1) is 6.67 Å². The highest BCUT2D eigenvalue weighted by molar-refractivity contribution is 5.98. The first kappa shape index (κ1) is 22.4. The maximum Gasteiger partial charge on any atom is 0.254 e. The third-order valence-corrected chi connectivity index (χ3v) is 7.62. The summed E-state index contributed by atoms with van der Waals surface area (Å²) in [4.78, 5) is 47.5. The Hall–Kier alpha value is -3.35. The molecule has 178 valence electrons. The van der Waals surface area contributed by atoms with Gasteiger partial charge in [-0.05, 0) is 56.4 Å². The topological polar surface area (TPSA) is 64.2 Å². The summed E-state index contributed by atoms with van der Waals surface area (Å²) in [6.45, 7) is 5.05. The highest BCUT2D eigenvalue weighted by Crippen LogP contribution is 2.39. The number of hydrogen-bond acceptors (Lipinski definition) is 4. The van der Waals surface area contributed by atoms with Gasteiger partial charge >= 0.3 is 0 Å². The predicted octanol–water partition coefficient (Wildman–Crippen LogP) is 2.90. The van der Waals surface area contributed by atoms with Gasteiger partial charge < -0.3 is 19.6 Å². The molecule has 3 fully saturated rings. The van der Waals surface area contributed by atoms with Gasteiger partial charge in [0.25, 0.3) is 11.8 Å². The molecule has 5 rings (SSSR count). The Morgan fingerprint density at radius 3 is 2.18 bits per heavy atom. The minimum atomic E-state index is -0.727. The third kappa shape index (κ3) is 3.93. The smallest absolute Gasteiger partial charge is 0.254 e. The fourth-order valence-corrected chi connectivity index (χ4v) is 5.62. The van der Waals surface area contributed by atoms with Crippen LogP contribution in [0.3, 0.4) is 0 Å². The SMILES string of the molecule is Cc1ccccc1C(=O)N1CCC2(CC1)C(=O)N(CC(=O)N1CCCC1)CN2c1ccccc1. The molecule has 0 atom stereocenters. The zero-order valence-corrected chi connectivity index (χ0v) is 19.8. The zero-order valence-electron chi connectivity index (χ0n) is 19.8. The molecule has 0 radical (unpaired) electrons. The number of amides is 3. The molecule has 0 N–H and O–H groups in total. The Kier molecular flexibility index (Phi) is 6.02. The average Bonchev–Trinajstić information content (AvgIpc) is 3.49. The normalized spacial score (nSPS) is 19.9. The van der Waals surface area contributed by atoms with Gasteiger partial charge in [-0.1, -0.05) is 36.4 Å². The summed E-state index contributed by atoms with van der Waals surface area (Å²) in [5, 5.41) is 0. The lowest BCUT2D eigenvalue weighted by Crippen LogP contribution is -2.57. The molecule has 3 aliphatic rings. The van der Waals surface area contributed by atoms with Crippen molar-refractivity contribution in [1.82, 2.24) is 14.7 Å². The minimum absolute atomic E-state index is 0.00638. The van der Waals surface area contributed by atoms with Gasteiger partial charge in [0.1, 0.15) is 12.1 Å². The molecule has 7 heteroatoms. The average molecular weight is 461 g/mol. The molecule has 2 aromatic rings. The molecular formula is C27H32N4O3. The summed E-state index contributed by atoms with van der Waals surface area (Å²) in [6, 6.07) is 17.6. The van der Waals surface area contributed by atoms with E-state index in [1.54, 1.807) is 4.90 Å². The van der Waals surface area contributed by atoms with Crippen molar-refractivity contribution in [3.63, 3.8) is 0 Å². The lowest BCUT2D eigenvalue weighted by molar-refractivity contribution is -0.140. The monoisotopic (exact) mass is 460 g/mol. The lowest BCUT2D eigenvalue weighted by Gasteiger charge is -2.43. The Morgan fingerprint density at radius 2 is 1.50 bits per heavy atom. The van der Waals surface area contributed by atoms with Crippen LogP contribution in [-0.2, 0) is 9.59 Å². The highest BCUT2D eigenvalue weighted by atomic mass is 16.2. The number of hydrogen-bond donors (Lipinski definition) is 0. The van der Waals surface area contributed by atoms with Crippen molar-refractivity contribution in [2.75, 3.05) is 44.3 Å². The van der Waals surface area contributed by atoms with Crippen LogP contribution >= 0.6 is 0 Å². The molecule has 0 bridgehead atoms. The van der Waals surface area contributed by atoms with E-state index >= 15 is 0 Å². The summed E-state index contributed by atoms with van der Waals surface area (Å²) >= 11 is 0. The zero-order chi connectivity index (χ0) is 23.7. The Balaban J connectivity index is 1.37. The van der Waals surface area contributed by atoms with E-state index in [2.05, 4.69) is 4.90 Å². The fraction of sp³-hybridized carbons (Fsp3) is 0.444. The van der Waals surface area contributed by atoms with Crippen molar-refractivity contribution >= 4 is 23.4 Å². The number of piperidine rings is 1. The maximum absolute atomic E-state index is 13.8. The quantitative estimate of drug-likeness (QED) is 0.704. The van der Waals surface area contributed by atoms with Crippen LogP contribution in [0, 0.1) is 6.92 Å². The van der Waals surface area contributed by atoms with E-state index < -0.39 is 5.54 Å². The Bertz CT molecular complexity index is 1070. The maximum atomic E-state index is 13.8. The van der Waals surface area contributed by atoms with E-state index in [1.807, 2.05) is 71.3 Å². The molecule has 3 aliphatic heterocycles. The van der Waals surface area contributed by atoms with Gasteiger partial charge in [0.15, 0.2) is 0 Å². The number of carbonyl (C=O) groups is 3. The van der Waals surface area contributed by atoms with Gasteiger partial charge in [-0.2, -0.15) is 0 Å². The summed E-state index contributed by atoms with van der Waals surface area (Å²) in [7, 11) is 0. The van der Waals surface area contributed by atoms with Gasteiger partial charge in [0, 0.05) is 37.4 Å². The second-order valence-electron chi connectivity index (χ2n) is 9.63. The second-order valence-corrected chi connectivity index (χ2v) is 9.63. The van der Waals surface area contributed by atoms with Crippen LogP contribution in [0.5, 0.6) is 0 Å². The van der Waals surface area contributed by atoms with Crippen LogP contribution in [0.25, 0.3) is 0 Å². The molecule has 34 heavy (non-hydrogen) atoms. The first-order valence-electron chi connectivity index (χ1n) is 12.2. The minimum Gasteiger partial charge on any atom is -0.341 e. The first-order chi connectivity index (χ1) is 16.5. The number of benzene rings is 2. The van der Waals surface area contributed by atoms with Gasteiger partial charge in [-0.25, -0.2) is 0 Å². The summed E-state index contributed by atoms with van der Waals surface area (Å²) in [5.74, 6) is 0.0562. The largest absolute Gasteiger partial charge is 0.341 e. The van der Waals surface area contributed by atoms with Crippen LogP contribution in [-0.4, -0.2) is 77.4 Å².